The Kier molecular flexibility index (Phi) is 5.69. The first kappa shape index (κ1) is 20.7. The number of aliphatic hydroxyl groups is 1. The number of hydrogen-bond donors (Lipinski definition) is 3. The molecule has 0 fully saturated rings. The molecule has 3 N–H and O–H groups in total. The minimum atomic E-state index is -0.511. The number of rotatable bonds is 4. The minimum absolute atomic E-state index is 0.234. The quantitative estimate of drug-likeness (QED) is 0.670. The summed E-state index contributed by atoms with van der Waals surface area (Å²) in [5.74, 6) is -0.172. The maximum Gasteiger partial charge on any atom is 0.319 e. The number of fused-ring (bicyclic) bond motifs is 2. The molecule has 30 heavy (non-hydrogen) atoms. The van der Waals surface area contributed by atoms with E-state index in [4.69, 9.17) is 4.74 Å². The van der Waals surface area contributed by atoms with Gasteiger partial charge in [0, 0.05) is 24.1 Å². The number of ether oxygens (including phenoxy) is 1. The zero-order chi connectivity index (χ0) is 21.3. The van der Waals surface area contributed by atoms with E-state index in [0.29, 0.717) is 24.1 Å². The fourth-order valence-corrected chi connectivity index (χ4v) is 4.66. The van der Waals surface area contributed by atoms with Gasteiger partial charge in [-0.05, 0) is 48.9 Å². The van der Waals surface area contributed by atoms with Crippen LogP contribution in [0.2, 0.25) is 0 Å². The largest absolute Gasteiger partial charge is 0.484 e. The average molecular weight is 413 g/mol. The molecule has 6 heteroatoms. The summed E-state index contributed by atoms with van der Waals surface area (Å²) >= 11 is 0. The molecule has 1 aliphatic heterocycles. The summed E-state index contributed by atoms with van der Waals surface area (Å²) in [4.78, 5) is 12.9. The molecule has 0 spiro atoms. The van der Waals surface area contributed by atoms with Crippen molar-refractivity contribution in [3.63, 3.8) is 0 Å². The van der Waals surface area contributed by atoms with Gasteiger partial charge in [-0.3, -0.25) is 0 Å². The van der Waals surface area contributed by atoms with Crippen LogP contribution in [0.1, 0.15) is 62.3 Å². The summed E-state index contributed by atoms with van der Waals surface area (Å²) in [5.41, 5.74) is 3.01. The van der Waals surface area contributed by atoms with Crippen LogP contribution in [-0.4, -0.2) is 22.8 Å². The fraction of sp³-hybridized carbons (Fsp3) is 0.458. The van der Waals surface area contributed by atoms with Crippen LogP contribution in [0, 0.1) is 5.82 Å². The minimum Gasteiger partial charge on any atom is -0.484 e. The van der Waals surface area contributed by atoms with E-state index in [9.17, 15) is 14.3 Å². The number of urea groups is 1. The lowest BCUT2D eigenvalue weighted by atomic mass is 9.83. The zero-order valence-corrected chi connectivity index (χ0v) is 17.5. The first-order valence-electron chi connectivity index (χ1n) is 10.8. The van der Waals surface area contributed by atoms with Gasteiger partial charge in [0.25, 0.3) is 0 Å². The summed E-state index contributed by atoms with van der Waals surface area (Å²) < 4.78 is 20.6. The van der Waals surface area contributed by atoms with E-state index < -0.39 is 11.4 Å². The molecule has 2 aliphatic rings. The number of halogens is 1. The number of benzene rings is 2. The highest BCUT2D eigenvalue weighted by Crippen LogP contribution is 2.44. The van der Waals surface area contributed by atoms with Crippen LogP contribution in [0.5, 0.6) is 5.75 Å². The third-order valence-corrected chi connectivity index (χ3v) is 6.57. The highest BCUT2D eigenvalue weighted by molar-refractivity contribution is 5.90. The van der Waals surface area contributed by atoms with E-state index in [2.05, 4.69) is 10.6 Å². The van der Waals surface area contributed by atoms with E-state index >= 15 is 0 Å². The summed E-state index contributed by atoms with van der Waals surface area (Å²) in [6.07, 6.45) is 3.71. The van der Waals surface area contributed by atoms with Crippen LogP contribution in [0.15, 0.2) is 36.4 Å². The van der Waals surface area contributed by atoms with Crippen LogP contribution in [0.25, 0.3) is 0 Å². The van der Waals surface area contributed by atoms with Crippen LogP contribution < -0.4 is 15.4 Å². The van der Waals surface area contributed by atoms with Gasteiger partial charge < -0.3 is 20.5 Å². The Morgan fingerprint density at radius 2 is 2.00 bits per heavy atom. The maximum atomic E-state index is 14.5. The number of anilines is 1. The molecule has 0 saturated heterocycles. The van der Waals surface area contributed by atoms with Gasteiger partial charge in [0.2, 0.25) is 0 Å². The smallest absolute Gasteiger partial charge is 0.319 e. The van der Waals surface area contributed by atoms with E-state index in [1.165, 1.54) is 6.07 Å². The Hall–Kier alpha value is -2.60. The Morgan fingerprint density at radius 1 is 1.23 bits per heavy atom. The second-order valence-corrected chi connectivity index (χ2v) is 8.35. The number of para-hydroxylation sites is 1. The molecule has 2 atom stereocenters. The van der Waals surface area contributed by atoms with Gasteiger partial charge in [-0.2, -0.15) is 0 Å². The lowest BCUT2D eigenvalue weighted by Crippen LogP contribution is -2.45. The Morgan fingerprint density at radius 3 is 2.77 bits per heavy atom. The number of carbonyl (C=O) groups is 1. The van der Waals surface area contributed by atoms with E-state index in [1.807, 2.05) is 32.0 Å². The zero-order valence-electron chi connectivity index (χ0n) is 17.5. The SMILES string of the molecule is CCC1(CC)C[C@@H](NC(=O)Nc2cccc3c2C[C@H](O)CC3)c2cccc(F)c2O1. The van der Waals surface area contributed by atoms with Gasteiger partial charge in [-0.1, -0.05) is 38.1 Å². The third-order valence-electron chi connectivity index (χ3n) is 6.57. The number of hydrogen-bond acceptors (Lipinski definition) is 3. The lowest BCUT2D eigenvalue weighted by molar-refractivity contribution is 0.0205. The third kappa shape index (κ3) is 3.88. The molecule has 0 bridgehead atoms. The van der Waals surface area contributed by atoms with Gasteiger partial charge in [0.15, 0.2) is 11.6 Å². The van der Waals surface area contributed by atoms with E-state index in [-0.39, 0.29) is 23.9 Å². The van der Waals surface area contributed by atoms with Crippen molar-refractivity contribution in [3.05, 3.63) is 58.9 Å². The number of aryl methyl sites for hydroxylation is 1. The summed E-state index contributed by atoms with van der Waals surface area (Å²) in [6.45, 7) is 4.04. The molecule has 4 rings (SSSR count). The predicted molar refractivity (Wildman–Crippen MR) is 114 cm³/mol. The van der Waals surface area contributed by atoms with Crippen LogP contribution in [0.3, 0.4) is 0 Å². The maximum absolute atomic E-state index is 14.5. The van der Waals surface area contributed by atoms with Gasteiger partial charge in [-0.15, -0.1) is 0 Å². The number of carbonyl (C=O) groups excluding carboxylic acids is 1. The normalized spacial score (nSPS) is 21.7. The predicted octanol–water partition coefficient (Wildman–Crippen LogP) is 4.88. The van der Waals surface area contributed by atoms with Crippen molar-refractivity contribution in [1.82, 2.24) is 5.32 Å². The Balaban J connectivity index is 1.57. The van der Waals surface area contributed by atoms with Gasteiger partial charge >= 0.3 is 6.03 Å². The summed E-state index contributed by atoms with van der Waals surface area (Å²) in [7, 11) is 0. The summed E-state index contributed by atoms with van der Waals surface area (Å²) in [6, 6.07) is 9.96. The Labute approximate surface area is 176 Å². The number of nitrogens with one attached hydrogen (secondary N) is 2. The summed E-state index contributed by atoms with van der Waals surface area (Å²) in [5, 5.41) is 16.0. The highest BCUT2D eigenvalue weighted by atomic mass is 19.1. The first-order valence-corrected chi connectivity index (χ1v) is 10.8. The molecule has 0 aromatic heterocycles. The van der Waals surface area contributed by atoms with Crippen molar-refractivity contribution < 1.29 is 19.0 Å². The Bertz CT molecular complexity index is 942. The molecule has 5 nitrogen and oxygen atoms in total. The molecule has 1 aliphatic carbocycles. The molecule has 0 unspecified atom stereocenters. The molecule has 0 radical (unpaired) electrons. The van der Waals surface area contributed by atoms with Crippen molar-refractivity contribution in [2.45, 2.75) is 70.1 Å². The molecule has 2 aromatic rings. The first-order chi connectivity index (χ1) is 14.4. The number of amides is 2. The van der Waals surface area contributed by atoms with Crippen molar-refractivity contribution in [2.75, 3.05) is 5.32 Å². The number of aliphatic hydroxyl groups excluding tert-OH is 1. The fourth-order valence-electron chi connectivity index (χ4n) is 4.66. The monoisotopic (exact) mass is 412 g/mol. The van der Waals surface area contributed by atoms with Crippen LogP contribution >= 0.6 is 0 Å². The molecular formula is C24H29FN2O3. The van der Waals surface area contributed by atoms with Gasteiger partial charge in [-0.25, -0.2) is 9.18 Å². The molecule has 160 valence electrons. The van der Waals surface area contributed by atoms with E-state index in [1.54, 1.807) is 12.1 Å². The van der Waals surface area contributed by atoms with Crippen molar-refractivity contribution >= 4 is 11.7 Å². The topological polar surface area (TPSA) is 70.6 Å². The molecule has 1 heterocycles. The van der Waals surface area contributed by atoms with Crippen LogP contribution in [-0.2, 0) is 12.8 Å². The molecule has 2 aromatic carbocycles. The lowest BCUT2D eigenvalue weighted by Gasteiger charge is -2.41. The van der Waals surface area contributed by atoms with Gasteiger partial charge in [0.05, 0.1) is 12.1 Å². The van der Waals surface area contributed by atoms with Crippen LogP contribution in [0.4, 0.5) is 14.9 Å². The van der Waals surface area contributed by atoms with Crippen molar-refractivity contribution in [1.29, 1.82) is 0 Å². The molecule has 0 saturated carbocycles. The second-order valence-electron chi connectivity index (χ2n) is 8.35. The second kappa shape index (κ2) is 8.26. The molecular weight excluding hydrogens is 383 g/mol. The van der Waals surface area contributed by atoms with E-state index in [0.717, 1.165) is 36.8 Å². The average Bonchev–Trinajstić information content (AvgIpc) is 2.74. The standard InChI is InChI=1S/C24H29FN2O3/c1-3-24(4-2)14-21(17-8-6-9-19(25)22(17)30-24)27-23(29)26-20-10-5-7-15-11-12-16(28)13-18(15)20/h5-10,16,21,28H,3-4,11-14H2,1-2H3,(H2,26,27,29)/t16-,21-/m1/s1. The molecule has 2 amide bonds. The van der Waals surface area contributed by atoms with Crippen molar-refractivity contribution in [3.8, 4) is 5.75 Å². The van der Waals surface area contributed by atoms with Gasteiger partial charge in [0.1, 0.15) is 5.60 Å². The highest BCUT2D eigenvalue weighted by Gasteiger charge is 2.40. The van der Waals surface area contributed by atoms with Crippen molar-refractivity contribution in [2.24, 2.45) is 0 Å².